The molecule has 4 heteroatoms. The number of aliphatic hydroxyl groups excluding tert-OH is 1. The summed E-state index contributed by atoms with van der Waals surface area (Å²) in [6, 6.07) is 8.89. The van der Waals surface area contributed by atoms with Crippen LogP contribution in [0.2, 0.25) is 0 Å². The van der Waals surface area contributed by atoms with Gasteiger partial charge in [0.2, 0.25) is 0 Å². The summed E-state index contributed by atoms with van der Waals surface area (Å²) in [4.78, 5) is 12.2. The maximum absolute atomic E-state index is 12.2. The lowest BCUT2D eigenvalue weighted by Gasteiger charge is -2.12. The molecule has 1 unspecified atom stereocenters. The lowest BCUT2D eigenvalue weighted by molar-refractivity contribution is 0.102. The molecule has 100 valence electrons. The maximum Gasteiger partial charge on any atom is 0.259 e. The van der Waals surface area contributed by atoms with Crippen molar-refractivity contribution in [3.05, 3.63) is 53.0 Å². The van der Waals surface area contributed by atoms with E-state index in [0.29, 0.717) is 28.3 Å². The topological polar surface area (TPSA) is 62.5 Å². The number of furan rings is 1. The first kappa shape index (κ1) is 13.4. The Labute approximate surface area is 112 Å². The second-order valence-corrected chi connectivity index (χ2v) is 4.54. The van der Waals surface area contributed by atoms with E-state index in [-0.39, 0.29) is 5.91 Å². The predicted octanol–water partition coefficient (Wildman–Crippen LogP) is 3.20. The number of hydrogen-bond donors (Lipinski definition) is 2. The first-order chi connectivity index (χ1) is 8.99. The van der Waals surface area contributed by atoms with Gasteiger partial charge in [0, 0.05) is 11.3 Å². The zero-order valence-electron chi connectivity index (χ0n) is 11.2. The zero-order valence-corrected chi connectivity index (χ0v) is 11.2. The lowest BCUT2D eigenvalue weighted by atomic mass is 10.1. The van der Waals surface area contributed by atoms with E-state index < -0.39 is 6.10 Å². The molecule has 2 N–H and O–H groups in total. The number of carbonyl (C=O) groups is 1. The third kappa shape index (κ3) is 2.85. The van der Waals surface area contributed by atoms with E-state index >= 15 is 0 Å². The summed E-state index contributed by atoms with van der Waals surface area (Å²) < 4.78 is 5.34. The molecule has 0 aliphatic rings. The van der Waals surface area contributed by atoms with Crippen molar-refractivity contribution in [2.24, 2.45) is 0 Å². The van der Waals surface area contributed by atoms with Crippen molar-refractivity contribution in [1.29, 1.82) is 0 Å². The van der Waals surface area contributed by atoms with Crippen molar-refractivity contribution in [2.45, 2.75) is 26.9 Å². The number of carbonyl (C=O) groups excluding carboxylic acids is 1. The van der Waals surface area contributed by atoms with E-state index in [1.54, 1.807) is 39.0 Å². The van der Waals surface area contributed by atoms with Crippen LogP contribution in [0.25, 0.3) is 0 Å². The van der Waals surface area contributed by atoms with Gasteiger partial charge in [0.15, 0.2) is 0 Å². The molecule has 0 radical (unpaired) electrons. The summed E-state index contributed by atoms with van der Waals surface area (Å²) in [5.41, 5.74) is 1.81. The van der Waals surface area contributed by atoms with Gasteiger partial charge in [-0.05, 0) is 32.9 Å². The smallest absolute Gasteiger partial charge is 0.259 e. The molecule has 0 fully saturated rings. The van der Waals surface area contributed by atoms with Crippen LogP contribution < -0.4 is 5.32 Å². The van der Waals surface area contributed by atoms with Crippen LogP contribution in [0.3, 0.4) is 0 Å². The Kier molecular flexibility index (Phi) is 3.71. The largest absolute Gasteiger partial charge is 0.466 e. The average molecular weight is 259 g/mol. The molecule has 0 aliphatic heterocycles. The van der Waals surface area contributed by atoms with Crippen LogP contribution in [0.5, 0.6) is 0 Å². The van der Waals surface area contributed by atoms with Gasteiger partial charge in [0.05, 0.1) is 11.7 Å². The Balaban J connectivity index is 2.27. The minimum absolute atomic E-state index is 0.234. The molecule has 1 aromatic carbocycles. The number of para-hydroxylation sites is 1. The minimum Gasteiger partial charge on any atom is -0.466 e. The highest BCUT2D eigenvalue weighted by Crippen LogP contribution is 2.23. The number of nitrogens with one attached hydrogen (secondary N) is 1. The third-order valence-corrected chi connectivity index (χ3v) is 2.94. The molecule has 2 rings (SSSR count). The number of amides is 1. The summed E-state index contributed by atoms with van der Waals surface area (Å²) in [6.07, 6.45) is -0.635. The van der Waals surface area contributed by atoms with Gasteiger partial charge in [-0.25, -0.2) is 0 Å². The highest BCUT2D eigenvalue weighted by atomic mass is 16.3. The van der Waals surface area contributed by atoms with Gasteiger partial charge in [0.25, 0.3) is 5.91 Å². The van der Waals surface area contributed by atoms with Gasteiger partial charge in [-0.3, -0.25) is 4.79 Å². The molecule has 1 amide bonds. The Morgan fingerprint density at radius 2 is 2.00 bits per heavy atom. The van der Waals surface area contributed by atoms with E-state index in [4.69, 9.17) is 4.42 Å². The fourth-order valence-corrected chi connectivity index (χ4v) is 2.02. The Morgan fingerprint density at radius 3 is 2.58 bits per heavy atom. The Morgan fingerprint density at radius 1 is 1.32 bits per heavy atom. The number of benzene rings is 1. The summed E-state index contributed by atoms with van der Waals surface area (Å²) >= 11 is 0. The van der Waals surface area contributed by atoms with Gasteiger partial charge in [-0.2, -0.15) is 0 Å². The van der Waals surface area contributed by atoms with E-state index in [9.17, 15) is 9.90 Å². The SMILES string of the molecule is Cc1cc(C(=O)Nc2ccccc2C(C)O)c(C)o1. The minimum atomic E-state index is -0.635. The van der Waals surface area contributed by atoms with Crippen molar-refractivity contribution in [3.63, 3.8) is 0 Å². The van der Waals surface area contributed by atoms with Crippen LogP contribution in [0, 0.1) is 13.8 Å². The second kappa shape index (κ2) is 5.28. The number of hydrogen-bond acceptors (Lipinski definition) is 3. The van der Waals surface area contributed by atoms with Crippen LogP contribution >= 0.6 is 0 Å². The maximum atomic E-state index is 12.2. The van der Waals surface area contributed by atoms with E-state index in [1.807, 2.05) is 12.1 Å². The molecular formula is C15H17NO3. The molecule has 0 spiro atoms. The van der Waals surface area contributed by atoms with Crippen LogP contribution in [0.1, 0.15) is 40.5 Å². The number of aliphatic hydroxyl groups is 1. The first-order valence-electron chi connectivity index (χ1n) is 6.14. The molecule has 1 heterocycles. The monoisotopic (exact) mass is 259 g/mol. The molecule has 0 bridgehead atoms. The van der Waals surface area contributed by atoms with Crippen LogP contribution in [-0.2, 0) is 0 Å². The normalized spacial score (nSPS) is 12.2. The van der Waals surface area contributed by atoms with Gasteiger partial charge in [0.1, 0.15) is 11.5 Å². The second-order valence-electron chi connectivity index (χ2n) is 4.54. The van der Waals surface area contributed by atoms with Crippen molar-refractivity contribution in [1.82, 2.24) is 0 Å². The van der Waals surface area contributed by atoms with E-state index in [2.05, 4.69) is 5.32 Å². The highest BCUT2D eigenvalue weighted by molar-refractivity contribution is 6.05. The van der Waals surface area contributed by atoms with Gasteiger partial charge in [-0.15, -0.1) is 0 Å². The Hall–Kier alpha value is -2.07. The molecule has 2 aromatic rings. The molecular weight excluding hydrogens is 242 g/mol. The summed E-state index contributed by atoms with van der Waals surface area (Å²) in [5, 5.41) is 12.5. The highest BCUT2D eigenvalue weighted by Gasteiger charge is 2.15. The molecule has 0 saturated carbocycles. The van der Waals surface area contributed by atoms with Crippen molar-refractivity contribution >= 4 is 11.6 Å². The number of rotatable bonds is 3. The molecule has 0 saturated heterocycles. The van der Waals surface area contributed by atoms with Gasteiger partial charge >= 0.3 is 0 Å². The first-order valence-corrected chi connectivity index (χ1v) is 6.14. The van der Waals surface area contributed by atoms with Crippen LogP contribution in [0.15, 0.2) is 34.7 Å². The van der Waals surface area contributed by atoms with Crippen LogP contribution in [-0.4, -0.2) is 11.0 Å². The quantitative estimate of drug-likeness (QED) is 0.889. The fourth-order valence-electron chi connectivity index (χ4n) is 2.02. The molecule has 1 atom stereocenters. The number of aryl methyl sites for hydroxylation is 2. The third-order valence-electron chi connectivity index (χ3n) is 2.94. The summed E-state index contributed by atoms with van der Waals surface area (Å²) in [5.74, 6) is 1.05. The molecule has 4 nitrogen and oxygen atoms in total. The zero-order chi connectivity index (χ0) is 14.0. The van der Waals surface area contributed by atoms with Crippen molar-refractivity contribution < 1.29 is 14.3 Å². The summed E-state index contributed by atoms with van der Waals surface area (Å²) in [7, 11) is 0. The van der Waals surface area contributed by atoms with Crippen LogP contribution in [0.4, 0.5) is 5.69 Å². The molecule has 19 heavy (non-hydrogen) atoms. The average Bonchev–Trinajstić information content (AvgIpc) is 2.69. The van der Waals surface area contributed by atoms with Crippen molar-refractivity contribution in [2.75, 3.05) is 5.32 Å². The molecule has 0 aliphatic carbocycles. The number of anilines is 1. The van der Waals surface area contributed by atoms with Gasteiger partial charge in [-0.1, -0.05) is 18.2 Å². The van der Waals surface area contributed by atoms with Crippen molar-refractivity contribution in [3.8, 4) is 0 Å². The fraction of sp³-hybridized carbons (Fsp3) is 0.267. The summed E-state index contributed by atoms with van der Waals surface area (Å²) in [6.45, 7) is 5.22. The standard InChI is InChI=1S/C15H17NO3/c1-9-8-13(11(3)19-9)15(18)16-14-7-5-4-6-12(14)10(2)17/h4-8,10,17H,1-3H3,(H,16,18). The molecule has 1 aromatic heterocycles. The predicted molar refractivity (Wildman–Crippen MR) is 73.2 cm³/mol. The van der Waals surface area contributed by atoms with E-state index in [1.165, 1.54) is 0 Å². The Bertz CT molecular complexity index is 599. The van der Waals surface area contributed by atoms with E-state index in [0.717, 1.165) is 0 Å². The van der Waals surface area contributed by atoms with Gasteiger partial charge < -0.3 is 14.8 Å². The lowest BCUT2D eigenvalue weighted by Crippen LogP contribution is -2.14.